The Morgan fingerprint density at radius 3 is 2.61 bits per heavy atom. The van der Waals surface area contributed by atoms with Crippen LogP contribution in [0.5, 0.6) is 0 Å². The van der Waals surface area contributed by atoms with Crippen LogP contribution in [0, 0.1) is 12.8 Å². The molecule has 0 aliphatic carbocycles. The van der Waals surface area contributed by atoms with Gasteiger partial charge < -0.3 is 19.5 Å². The number of aromatic nitrogens is 1. The van der Waals surface area contributed by atoms with Gasteiger partial charge in [0.15, 0.2) is 5.82 Å². The number of piperidine rings is 1. The molecule has 3 amide bonds. The second-order valence-electron chi connectivity index (χ2n) is 5.39. The normalized spacial score (nSPS) is 15.1. The van der Waals surface area contributed by atoms with Crippen LogP contribution >= 0.6 is 0 Å². The molecule has 1 saturated heterocycles. The molecule has 1 aliphatic heterocycles. The van der Waals surface area contributed by atoms with Crippen molar-refractivity contribution in [3.63, 3.8) is 0 Å². The summed E-state index contributed by atoms with van der Waals surface area (Å²) in [5.74, 6) is -0.541. The molecule has 2 rings (SSSR count). The van der Waals surface area contributed by atoms with Crippen LogP contribution in [0.3, 0.4) is 0 Å². The van der Waals surface area contributed by atoms with E-state index >= 15 is 0 Å². The SMILES string of the molecule is COC(=O)N1CCC(CNC(=O)C(=O)Nc2cc(C)on2)CC1. The summed E-state index contributed by atoms with van der Waals surface area (Å²) >= 11 is 0. The van der Waals surface area contributed by atoms with E-state index in [0.29, 0.717) is 25.4 Å². The standard InChI is InChI=1S/C14H20N4O5/c1-9-7-11(17-23-9)16-13(20)12(19)15-8-10-3-5-18(6-4-10)14(21)22-2/h7,10H,3-6,8H2,1-2H3,(H,15,19)(H,16,17,20). The molecule has 1 aromatic heterocycles. The van der Waals surface area contributed by atoms with Gasteiger partial charge in [0.05, 0.1) is 7.11 Å². The second kappa shape index (κ2) is 7.61. The number of rotatable bonds is 3. The number of carbonyl (C=O) groups excluding carboxylic acids is 3. The number of aryl methyl sites for hydroxylation is 1. The third-order valence-electron chi connectivity index (χ3n) is 3.67. The molecule has 9 nitrogen and oxygen atoms in total. The number of methoxy groups -OCH3 is 1. The molecular formula is C14H20N4O5. The van der Waals surface area contributed by atoms with Gasteiger partial charge in [0, 0.05) is 25.7 Å². The maximum Gasteiger partial charge on any atom is 0.409 e. The first-order valence-electron chi connectivity index (χ1n) is 7.35. The Kier molecular flexibility index (Phi) is 5.56. The van der Waals surface area contributed by atoms with E-state index in [0.717, 1.165) is 12.8 Å². The van der Waals surface area contributed by atoms with E-state index in [2.05, 4.69) is 20.5 Å². The highest BCUT2D eigenvalue weighted by molar-refractivity contribution is 6.39. The van der Waals surface area contributed by atoms with Gasteiger partial charge in [-0.2, -0.15) is 0 Å². The molecule has 0 unspecified atom stereocenters. The zero-order chi connectivity index (χ0) is 16.8. The van der Waals surface area contributed by atoms with E-state index in [9.17, 15) is 14.4 Å². The lowest BCUT2D eigenvalue weighted by Crippen LogP contribution is -2.43. The number of ether oxygens (including phenoxy) is 1. The first kappa shape index (κ1) is 16.8. The Labute approximate surface area is 133 Å². The van der Waals surface area contributed by atoms with Gasteiger partial charge in [-0.15, -0.1) is 0 Å². The molecule has 0 spiro atoms. The fourth-order valence-corrected chi connectivity index (χ4v) is 2.36. The number of anilines is 1. The minimum Gasteiger partial charge on any atom is -0.453 e. The van der Waals surface area contributed by atoms with E-state index in [4.69, 9.17) is 4.52 Å². The summed E-state index contributed by atoms with van der Waals surface area (Å²) in [6.07, 6.45) is 1.16. The minimum atomic E-state index is -0.787. The molecule has 9 heteroatoms. The van der Waals surface area contributed by atoms with Crippen LogP contribution in [0.15, 0.2) is 10.6 Å². The molecule has 23 heavy (non-hydrogen) atoms. The smallest absolute Gasteiger partial charge is 0.409 e. The topological polar surface area (TPSA) is 114 Å². The van der Waals surface area contributed by atoms with Crippen LogP contribution in [0.4, 0.5) is 10.6 Å². The molecule has 2 N–H and O–H groups in total. The molecule has 0 radical (unpaired) electrons. The van der Waals surface area contributed by atoms with Crippen molar-refractivity contribution < 1.29 is 23.6 Å². The van der Waals surface area contributed by atoms with E-state index in [1.807, 2.05) is 0 Å². The number of nitrogens with one attached hydrogen (secondary N) is 2. The Morgan fingerprint density at radius 1 is 1.35 bits per heavy atom. The van der Waals surface area contributed by atoms with Crippen molar-refractivity contribution in [1.82, 2.24) is 15.4 Å². The fraction of sp³-hybridized carbons (Fsp3) is 0.571. The van der Waals surface area contributed by atoms with E-state index in [-0.39, 0.29) is 17.8 Å². The largest absolute Gasteiger partial charge is 0.453 e. The Hall–Kier alpha value is -2.58. The molecule has 1 aromatic rings. The summed E-state index contributed by atoms with van der Waals surface area (Å²) < 4.78 is 9.46. The van der Waals surface area contributed by atoms with Gasteiger partial charge in [0.2, 0.25) is 0 Å². The lowest BCUT2D eigenvalue weighted by atomic mass is 9.97. The molecule has 1 fully saturated rings. The van der Waals surface area contributed by atoms with Crippen LogP contribution in [0.2, 0.25) is 0 Å². The van der Waals surface area contributed by atoms with E-state index < -0.39 is 11.8 Å². The van der Waals surface area contributed by atoms with Gasteiger partial charge in [0.1, 0.15) is 5.76 Å². The van der Waals surface area contributed by atoms with E-state index in [1.54, 1.807) is 11.8 Å². The van der Waals surface area contributed by atoms with Crippen LogP contribution in [0.25, 0.3) is 0 Å². The van der Waals surface area contributed by atoms with Crippen molar-refractivity contribution in [3.8, 4) is 0 Å². The van der Waals surface area contributed by atoms with Crippen LogP contribution in [-0.4, -0.2) is 54.7 Å². The van der Waals surface area contributed by atoms with Crippen molar-refractivity contribution >= 4 is 23.7 Å². The zero-order valence-electron chi connectivity index (χ0n) is 13.1. The monoisotopic (exact) mass is 324 g/mol. The van der Waals surface area contributed by atoms with Crippen molar-refractivity contribution in [2.45, 2.75) is 19.8 Å². The highest BCUT2D eigenvalue weighted by Gasteiger charge is 2.24. The Bertz CT molecular complexity index is 577. The van der Waals surface area contributed by atoms with Gasteiger partial charge in [-0.25, -0.2) is 4.79 Å². The fourth-order valence-electron chi connectivity index (χ4n) is 2.36. The van der Waals surface area contributed by atoms with Crippen LogP contribution < -0.4 is 10.6 Å². The number of hydrogen-bond acceptors (Lipinski definition) is 6. The Balaban J connectivity index is 1.70. The quantitative estimate of drug-likeness (QED) is 0.783. The number of hydrogen-bond donors (Lipinski definition) is 2. The van der Waals surface area contributed by atoms with E-state index in [1.165, 1.54) is 13.2 Å². The number of likely N-dealkylation sites (tertiary alicyclic amines) is 1. The third-order valence-corrected chi connectivity index (χ3v) is 3.67. The van der Waals surface area contributed by atoms with Crippen molar-refractivity contribution in [1.29, 1.82) is 0 Å². The first-order chi connectivity index (χ1) is 11.0. The minimum absolute atomic E-state index is 0.203. The van der Waals surface area contributed by atoms with Gasteiger partial charge in [-0.3, -0.25) is 14.9 Å². The maximum absolute atomic E-state index is 11.7. The van der Waals surface area contributed by atoms with Gasteiger partial charge in [-0.1, -0.05) is 5.16 Å². The second-order valence-corrected chi connectivity index (χ2v) is 5.39. The first-order valence-corrected chi connectivity index (χ1v) is 7.35. The predicted octanol–water partition coefficient (Wildman–Crippen LogP) is 0.516. The van der Waals surface area contributed by atoms with Crippen molar-refractivity contribution in [2.75, 3.05) is 32.1 Å². The average Bonchev–Trinajstić information content (AvgIpc) is 2.97. The lowest BCUT2D eigenvalue weighted by molar-refractivity contribution is -0.136. The highest BCUT2D eigenvalue weighted by atomic mass is 16.5. The number of carbonyl (C=O) groups is 3. The average molecular weight is 324 g/mol. The maximum atomic E-state index is 11.7. The summed E-state index contributed by atoms with van der Waals surface area (Å²) in [7, 11) is 1.35. The summed E-state index contributed by atoms with van der Waals surface area (Å²) in [6.45, 7) is 3.23. The van der Waals surface area contributed by atoms with Crippen molar-refractivity contribution in [3.05, 3.63) is 11.8 Å². The molecule has 1 aliphatic rings. The number of nitrogens with zero attached hydrogens (tertiary/aromatic N) is 2. The van der Waals surface area contributed by atoms with Gasteiger partial charge >= 0.3 is 17.9 Å². The van der Waals surface area contributed by atoms with Gasteiger partial charge in [0.25, 0.3) is 0 Å². The Morgan fingerprint density at radius 2 is 2.04 bits per heavy atom. The summed E-state index contributed by atoms with van der Waals surface area (Å²) in [4.78, 5) is 36.4. The molecule has 0 atom stereocenters. The molecule has 0 bridgehead atoms. The predicted molar refractivity (Wildman–Crippen MR) is 79.6 cm³/mol. The molecule has 0 saturated carbocycles. The molecular weight excluding hydrogens is 304 g/mol. The molecule has 2 heterocycles. The zero-order valence-corrected chi connectivity index (χ0v) is 13.1. The highest BCUT2D eigenvalue weighted by Crippen LogP contribution is 2.16. The van der Waals surface area contributed by atoms with Gasteiger partial charge in [-0.05, 0) is 25.7 Å². The summed E-state index contributed by atoms with van der Waals surface area (Å²) in [5.41, 5.74) is 0. The molecule has 0 aromatic carbocycles. The van der Waals surface area contributed by atoms with Crippen LogP contribution in [-0.2, 0) is 14.3 Å². The summed E-state index contributed by atoms with van der Waals surface area (Å²) in [6, 6.07) is 1.52. The van der Waals surface area contributed by atoms with Crippen molar-refractivity contribution in [2.24, 2.45) is 5.92 Å². The number of amides is 3. The molecule has 126 valence electrons. The third kappa shape index (κ3) is 4.70. The lowest BCUT2D eigenvalue weighted by Gasteiger charge is -2.30. The summed E-state index contributed by atoms with van der Waals surface area (Å²) in [5, 5.41) is 8.53. The van der Waals surface area contributed by atoms with Crippen LogP contribution in [0.1, 0.15) is 18.6 Å².